The molecule has 0 aliphatic heterocycles. The molecule has 4 aliphatic carbocycles. The molecule has 0 saturated heterocycles. The standard InChI is InChI=1S/C37H52BN.C35H48BN/c1-12-13-14-15-27-16-19-30(22-27)38(39(25(2)3)26(4)5)35-33-23-28(36(6,7)8)17-20-31(33)32-21-18-29(24-34(32)35)37(9,10)11;1-12-13-25-14-17-28(20-25)36(37(23(2)3)24(4)5)33-31-21-26(34(6,7)8)15-18-29(31)30-19-16-27(22-32(30)33)35(9,10)11/h12,16-21,23-26,35H,1,13-15,22H2,2-11H3;12,14-19,21-24,33H,1,13,20H2,2-11H3. The predicted octanol–water partition coefficient (Wildman–Crippen LogP) is 19.6. The van der Waals surface area contributed by atoms with E-state index in [4.69, 9.17) is 0 Å². The van der Waals surface area contributed by atoms with Gasteiger partial charge in [-0.3, -0.25) is 0 Å². The molecule has 4 aromatic rings. The summed E-state index contributed by atoms with van der Waals surface area (Å²) < 4.78 is 0. The van der Waals surface area contributed by atoms with Gasteiger partial charge in [-0.2, -0.15) is 0 Å². The van der Waals surface area contributed by atoms with E-state index in [1.54, 1.807) is 16.5 Å². The number of hydrogen-bond donors (Lipinski definition) is 0. The molecule has 0 fully saturated rings. The minimum absolute atomic E-state index is 0.113. The van der Waals surface area contributed by atoms with Gasteiger partial charge < -0.3 is 9.62 Å². The van der Waals surface area contributed by atoms with Crippen molar-refractivity contribution in [1.29, 1.82) is 0 Å². The Morgan fingerprint density at radius 2 is 0.750 bits per heavy atom. The van der Waals surface area contributed by atoms with E-state index in [2.05, 4.69) is 264 Å². The summed E-state index contributed by atoms with van der Waals surface area (Å²) in [6.07, 6.45) is 20.4. The minimum atomic E-state index is 0.113. The first-order valence-electron chi connectivity index (χ1n) is 29.6. The van der Waals surface area contributed by atoms with E-state index in [0.717, 1.165) is 25.7 Å². The van der Waals surface area contributed by atoms with Crippen LogP contribution in [0.3, 0.4) is 0 Å². The van der Waals surface area contributed by atoms with Crippen LogP contribution < -0.4 is 0 Å². The van der Waals surface area contributed by atoms with Crippen molar-refractivity contribution in [1.82, 2.24) is 9.62 Å². The van der Waals surface area contributed by atoms with Gasteiger partial charge in [0.1, 0.15) is 0 Å². The van der Waals surface area contributed by atoms with Gasteiger partial charge in [0, 0.05) is 11.6 Å². The molecule has 4 aromatic carbocycles. The number of hydrogen-bond acceptors (Lipinski definition) is 2. The van der Waals surface area contributed by atoms with Crippen LogP contribution in [0, 0.1) is 0 Å². The average Bonchev–Trinajstić information content (AvgIpc) is 4.15. The number of benzene rings is 4. The van der Waals surface area contributed by atoms with Gasteiger partial charge in [-0.05, 0) is 151 Å². The van der Waals surface area contributed by atoms with Crippen LogP contribution in [0.25, 0.3) is 22.3 Å². The zero-order chi connectivity index (χ0) is 56.0. The molecule has 4 aliphatic rings. The van der Waals surface area contributed by atoms with Crippen molar-refractivity contribution in [2.45, 2.75) is 234 Å². The van der Waals surface area contributed by atoms with Crippen LogP contribution in [-0.4, -0.2) is 47.5 Å². The lowest BCUT2D eigenvalue weighted by Crippen LogP contribution is -2.52. The zero-order valence-electron chi connectivity index (χ0n) is 51.6. The Balaban J connectivity index is 0.000000221. The molecule has 0 amide bonds. The number of unbranched alkanes of at least 4 members (excludes halogenated alkanes) is 1. The fourth-order valence-electron chi connectivity index (χ4n) is 13.4. The van der Waals surface area contributed by atoms with Gasteiger partial charge >= 0.3 is 0 Å². The minimum Gasteiger partial charge on any atom is -0.333 e. The smallest absolute Gasteiger partial charge is 0.266 e. The Morgan fingerprint density at radius 1 is 0.447 bits per heavy atom. The van der Waals surface area contributed by atoms with Crippen molar-refractivity contribution in [3.8, 4) is 22.3 Å². The molecular formula is C72H100B2N2. The number of allylic oxidation sites excluding steroid dienone is 10. The summed E-state index contributed by atoms with van der Waals surface area (Å²) in [5.41, 5.74) is 24.1. The largest absolute Gasteiger partial charge is 0.333 e. The summed E-state index contributed by atoms with van der Waals surface area (Å²) in [5.74, 6) is 0.624. The molecule has 0 N–H and O–H groups in total. The topological polar surface area (TPSA) is 6.48 Å². The number of fused-ring (bicyclic) bond motifs is 6. The molecular weight excluding hydrogens is 914 g/mol. The van der Waals surface area contributed by atoms with E-state index in [0.29, 0.717) is 49.5 Å². The lowest BCUT2D eigenvalue weighted by atomic mass is 9.41. The number of nitrogens with zero attached hydrogens (tertiary/aromatic N) is 2. The Bertz CT molecular complexity index is 2740. The first kappa shape index (κ1) is 59.0. The van der Waals surface area contributed by atoms with E-state index in [-0.39, 0.29) is 21.7 Å². The highest BCUT2D eigenvalue weighted by Gasteiger charge is 2.47. The maximum absolute atomic E-state index is 4.01. The van der Waals surface area contributed by atoms with Crippen LogP contribution in [0.2, 0.25) is 0 Å². The summed E-state index contributed by atoms with van der Waals surface area (Å²) in [6, 6.07) is 31.1. The van der Waals surface area contributed by atoms with E-state index in [9.17, 15) is 0 Å². The third kappa shape index (κ3) is 12.5. The van der Waals surface area contributed by atoms with Gasteiger partial charge in [0.25, 0.3) is 13.7 Å². The van der Waals surface area contributed by atoms with Crippen molar-refractivity contribution in [2.75, 3.05) is 0 Å². The molecule has 0 saturated carbocycles. The van der Waals surface area contributed by atoms with Crippen LogP contribution in [0.4, 0.5) is 0 Å². The predicted molar refractivity (Wildman–Crippen MR) is 338 cm³/mol. The van der Waals surface area contributed by atoms with Gasteiger partial charge in [0.15, 0.2) is 0 Å². The second-order valence-corrected chi connectivity index (χ2v) is 28.5. The zero-order valence-corrected chi connectivity index (χ0v) is 51.6. The van der Waals surface area contributed by atoms with E-state index in [1.165, 1.54) is 85.2 Å². The van der Waals surface area contributed by atoms with E-state index < -0.39 is 0 Å². The summed E-state index contributed by atoms with van der Waals surface area (Å²) in [6.45, 7) is 55.6. The van der Waals surface area contributed by atoms with Crippen molar-refractivity contribution in [2.24, 2.45) is 0 Å². The highest BCUT2D eigenvalue weighted by atomic mass is 15.1. The normalized spacial score (nSPS) is 15.7. The highest BCUT2D eigenvalue weighted by molar-refractivity contribution is 6.68. The molecule has 0 bridgehead atoms. The Morgan fingerprint density at radius 3 is 1.03 bits per heavy atom. The van der Waals surface area contributed by atoms with Crippen LogP contribution in [-0.2, 0) is 21.7 Å². The molecule has 76 heavy (non-hydrogen) atoms. The first-order chi connectivity index (χ1) is 35.5. The summed E-state index contributed by atoms with van der Waals surface area (Å²) >= 11 is 0. The third-order valence-electron chi connectivity index (χ3n) is 17.3. The van der Waals surface area contributed by atoms with Crippen LogP contribution in [0.15, 0.2) is 145 Å². The molecule has 0 aromatic heterocycles. The highest BCUT2D eigenvalue weighted by Crippen LogP contribution is 2.53. The SMILES string of the molecule is C=CCC1=CC=C(B(C2c3cc(C(C)(C)C)ccc3-c3ccc(C(C)(C)C)cc32)N(C(C)C)C(C)C)C1.C=CCCCC1=CC=C(B(C2c3cc(C(C)(C)C)ccc3-c3ccc(C(C)(C)C)cc32)N(C(C)C)C(C)C)C1. The molecule has 0 atom stereocenters. The van der Waals surface area contributed by atoms with Crippen molar-refractivity contribution in [3.63, 3.8) is 0 Å². The number of rotatable bonds is 16. The molecule has 0 heterocycles. The third-order valence-corrected chi connectivity index (χ3v) is 17.3. The fourth-order valence-corrected chi connectivity index (χ4v) is 13.4. The van der Waals surface area contributed by atoms with Gasteiger partial charge in [0.2, 0.25) is 0 Å². The summed E-state index contributed by atoms with van der Waals surface area (Å²) in [4.78, 5) is 5.57. The lowest BCUT2D eigenvalue weighted by Gasteiger charge is -2.41. The molecule has 0 unspecified atom stereocenters. The molecule has 404 valence electrons. The quantitative estimate of drug-likeness (QED) is 0.0627. The summed E-state index contributed by atoms with van der Waals surface area (Å²) in [7, 11) is 0. The van der Waals surface area contributed by atoms with Crippen LogP contribution >= 0.6 is 0 Å². The van der Waals surface area contributed by atoms with Gasteiger partial charge in [-0.15, -0.1) is 13.2 Å². The molecule has 2 nitrogen and oxygen atoms in total. The molecule has 8 rings (SSSR count). The van der Waals surface area contributed by atoms with Crippen LogP contribution in [0.1, 0.15) is 233 Å². The van der Waals surface area contributed by atoms with Crippen molar-refractivity contribution < 1.29 is 0 Å². The van der Waals surface area contributed by atoms with Crippen LogP contribution in [0.5, 0.6) is 0 Å². The monoisotopic (exact) mass is 1010 g/mol. The van der Waals surface area contributed by atoms with E-state index >= 15 is 0 Å². The maximum atomic E-state index is 4.01. The average molecular weight is 1020 g/mol. The summed E-state index contributed by atoms with van der Waals surface area (Å²) in [5, 5.41) is 0. The Labute approximate surface area is 466 Å². The molecule has 0 spiro atoms. The van der Waals surface area contributed by atoms with Gasteiger partial charge in [-0.1, -0.05) is 270 Å². The first-order valence-corrected chi connectivity index (χ1v) is 29.6. The molecule has 0 radical (unpaired) electrons. The van der Waals surface area contributed by atoms with Gasteiger partial charge in [-0.25, -0.2) is 0 Å². The molecule has 4 heteroatoms. The Hall–Kier alpha value is -4.63. The second kappa shape index (κ2) is 23.0. The fraction of sp³-hybridized carbons (Fsp3) is 0.500. The van der Waals surface area contributed by atoms with Crippen molar-refractivity contribution >= 4 is 13.7 Å². The van der Waals surface area contributed by atoms with E-state index in [1.807, 2.05) is 6.08 Å². The maximum Gasteiger partial charge on any atom is 0.266 e. The lowest BCUT2D eigenvalue weighted by molar-refractivity contribution is 0.301. The van der Waals surface area contributed by atoms with Crippen molar-refractivity contribution in [3.05, 3.63) is 189 Å². The second-order valence-electron chi connectivity index (χ2n) is 28.5. The Kier molecular flexibility index (Phi) is 17.9. The van der Waals surface area contributed by atoms with Gasteiger partial charge in [0.05, 0.1) is 0 Å².